The number of hydrogen-bond donors (Lipinski definition) is 3. The molecular weight excluding hydrogens is 497 g/mol. The molecule has 1 aromatic carbocycles. The molecule has 36 heavy (non-hydrogen) atoms. The van der Waals surface area contributed by atoms with E-state index in [1.54, 1.807) is 18.3 Å². The zero-order chi connectivity index (χ0) is 26.3. The van der Waals surface area contributed by atoms with E-state index in [0.717, 1.165) is 12.3 Å². The number of carbonyl (C=O) groups is 2. The zero-order valence-corrected chi connectivity index (χ0v) is 20.2. The van der Waals surface area contributed by atoms with Crippen molar-refractivity contribution in [3.8, 4) is 10.4 Å². The molecule has 0 aliphatic heterocycles. The van der Waals surface area contributed by atoms with E-state index in [9.17, 15) is 33.0 Å². The number of anilines is 2. The fourth-order valence-corrected chi connectivity index (χ4v) is 5.66. The largest absolute Gasteiger partial charge is 0.481 e. The predicted molar refractivity (Wildman–Crippen MR) is 126 cm³/mol. The molecule has 1 aliphatic carbocycles. The van der Waals surface area contributed by atoms with Gasteiger partial charge in [0.1, 0.15) is 22.6 Å². The van der Waals surface area contributed by atoms with E-state index in [1.807, 2.05) is 13.8 Å². The molecule has 0 radical (unpaired) electrons. The highest BCUT2D eigenvalue weighted by Gasteiger charge is 2.49. The van der Waals surface area contributed by atoms with Crippen LogP contribution >= 0.6 is 11.3 Å². The summed E-state index contributed by atoms with van der Waals surface area (Å²) in [5.74, 6) is -1.75. The number of rotatable bonds is 6. The van der Waals surface area contributed by atoms with Crippen LogP contribution in [0.2, 0.25) is 0 Å². The Hall–Kier alpha value is -3.38. The Kier molecular flexibility index (Phi) is 6.60. The number of carboxylic acid groups (broad SMARTS) is 1. The summed E-state index contributed by atoms with van der Waals surface area (Å²) in [5.41, 5.74) is -1.94. The molecule has 3 N–H and O–H groups in total. The summed E-state index contributed by atoms with van der Waals surface area (Å²) in [4.78, 5) is 35.5. The van der Waals surface area contributed by atoms with Gasteiger partial charge in [0.05, 0.1) is 10.8 Å². The van der Waals surface area contributed by atoms with Crippen LogP contribution in [0, 0.1) is 11.3 Å². The van der Waals surface area contributed by atoms with Crippen molar-refractivity contribution in [2.45, 2.75) is 44.9 Å². The standard InChI is InChI=1S/C24H23F3N4O4S/c1-22(2)12-23(35,5-3-16(22)19(33)34)20-29-10-17(36-20)14-7-13(11-32)8-15(9-14)30-21-28-6-4-18(31-21)24(25,26)27/h4,6-11,16,35H,3,5,12H2,1-2H3,(H,33,34)(H,28,30,31)/t16-,23-/m0/s1. The fraction of sp³-hybridized carbons (Fsp3) is 0.375. The number of aromatic nitrogens is 3. The second-order valence-electron chi connectivity index (χ2n) is 9.51. The van der Waals surface area contributed by atoms with Crippen molar-refractivity contribution in [1.82, 2.24) is 15.0 Å². The molecule has 1 aliphatic rings. The number of aliphatic carboxylic acids is 1. The molecule has 1 saturated carbocycles. The van der Waals surface area contributed by atoms with Crippen LogP contribution in [0.5, 0.6) is 0 Å². The van der Waals surface area contributed by atoms with E-state index in [2.05, 4.69) is 20.3 Å². The molecule has 0 saturated heterocycles. The Morgan fingerprint density at radius 3 is 2.64 bits per heavy atom. The Morgan fingerprint density at radius 2 is 2.00 bits per heavy atom. The van der Waals surface area contributed by atoms with Crippen LogP contribution in [-0.2, 0) is 16.6 Å². The summed E-state index contributed by atoms with van der Waals surface area (Å²) < 4.78 is 39.0. The molecule has 1 fully saturated rings. The lowest BCUT2D eigenvalue weighted by Crippen LogP contribution is -2.44. The molecule has 0 amide bonds. The van der Waals surface area contributed by atoms with Gasteiger partial charge in [0.15, 0.2) is 0 Å². The first-order chi connectivity index (χ1) is 16.8. The first-order valence-electron chi connectivity index (χ1n) is 11.0. The highest BCUT2D eigenvalue weighted by Crippen LogP contribution is 2.51. The number of aldehydes is 1. The molecule has 12 heteroatoms. The van der Waals surface area contributed by atoms with Gasteiger partial charge in [-0.2, -0.15) is 13.2 Å². The third kappa shape index (κ3) is 5.24. The van der Waals surface area contributed by atoms with E-state index in [4.69, 9.17) is 0 Å². The third-order valence-electron chi connectivity index (χ3n) is 6.32. The molecule has 190 valence electrons. The molecular formula is C24H23F3N4O4S. The molecule has 0 spiro atoms. The lowest BCUT2D eigenvalue weighted by molar-refractivity contribution is -0.154. The van der Waals surface area contributed by atoms with Gasteiger partial charge in [-0.3, -0.25) is 9.59 Å². The van der Waals surface area contributed by atoms with Gasteiger partial charge in [-0.25, -0.2) is 15.0 Å². The number of carbonyl (C=O) groups excluding carboxylic acids is 1. The van der Waals surface area contributed by atoms with Crippen molar-refractivity contribution in [3.63, 3.8) is 0 Å². The minimum absolute atomic E-state index is 0.220. The molecule has 2 aromatic heterocycles. The van der Waals surface area contributed by atoms with Gasteiger partial charge < -0.3 is 15.5 Å². The van der Waals surface area contributed by atoms with Crippen molar-refractivity contribution in [1.29, 1.82) is 0 Å². The number of alkyl halides is 3. The zero-order valence-electron chi connectivity index (χ0n) is 19.3. The van der Waals surface area contributed by atoms with E-state index in [0.29, 0.717) is 33.8 Å². The van der Waals surface area contributed by atoms with Gasteiger partial charge in [0.2, 0.25) is 5.95 Å². The average Bonchev–Trinajstić information content (AvgIpc) is 3.29. The summed E-state index contributed by atoms with van der Waals surface area (Å²) in [5, 5.41) is 24.0. The Labute approximate surface area is 208 Å². The Morgan fingerprint density at radius 1 is 1.25 bits per heavy atom. The minimum atomic E-state index is -4.63. The van der Waals surface area contributed by atoms with Gasteiger partial charge in [0.25, 0.3) is 0 Å². The van der Waals surface area contributed by atoms with Crippen LogP contribution < -0.4 is 5.32 Å². The monoisotopic (exact) mass is 520 g/mol. The van der Waals surface area contributed by atoms with Gasteiger partial charge in [-0.1, -0.05) is 13.8 Å². The fourth-order valence-electron chi connectivity index (χ4n) is 4.64. The lowest BCUT2D eigenvalue weighted by Gasteiger charge is -2.44. The third-order valence-corrected chi connectivity index (χ3v) is 7.56. The van der Waals surface area contributed by atoms with Crippen LogP contribution in [0.3, 0.4) is 0 Å². The SMILES string of the molecule is CC1(C)C[C@](O)(c2ncc(-c3cc(C=O)cc(Nc4nccc(C(F)(F)F)n4)c3)s2)CC[C@H]1C(=O)O. The molecule has 2 atom stereocenters. The van der Waals surface area contributed by atoms with Crippen LogP contribution in [0.15, 0.2) is 36.7 Å². The van der Waals surface area contributed by atoms with Crippen molar-refractivity contribution < 1.29 is 33.0 Å². The van der Waals surface area contributed by atoms with Crippen LogP contribution in [-0.4, -0.2) is 37.4 Å². The van der Waals surface area contributed by atoms with Crippen LogP contribution in [0.4, 0.5) is 24.8 Å². The second kappa shape index (κ2) is 9.25. The van der Waals surface area contributed by atoms with Crippen LogP contribution in [0.25, 0.3) is 10.4 Å². The summed E-state index contributed by atoms with van der Waals surface area (Å²) in [6.45, 7) is 3.62. The topological polar surface area (TPSA) is 125 Å². The molecule has 4 rings (SSSR count). The summed E-state index contributed by atoms with van der Waals surface area (Å²) in [7, 11) is 0. The summed E-state index contributed by atoms with van der Waals surface area (Å²) >= 11 is 1.21. The summed E-state index contributed by atoms with van der Waals surface area (Å²) in [6, 6.07) is 5.42. The van der Waals surface area contributed by atoms with Gasteiger partial charge in [-0.15, -0.1) is 11.3 Å². The molecule has 8 nitrogen and oxygen atoms in total. The van der Waals surface area contributed by atoms with E-state index in [1.165, 1.54) is 17.4 Å². The second-order valence-corrected chi connectivity index (χ2v) is 10.5. The normalized spacial score (nSPS) is 21.7. The minimum Gasteiger partial charge on any atom is -0.481 e. The Balaban J connectivity index is 1.62. The lowest BCUT2D eigenvalue weighted by atomic mass is 9.63. The summed E-state index contributed by atoms with van der Waals surface area (Å²) in [6.07, 6.45) is -0.729. The van der Waals surface area contributed by atoms with E-state index in [-0.39, 0.29) is 24.4 Å². The van der Waals surface area contributed by atoms with Gasteiger partial charge in [0, 0.05) is 23.6 Å². The number of hydrogen-bond acceptors (Lipinski definition) is 8. The smallest absolute Gasteiger partial charge is 0.433 e. The highest BCUT2D eigenvalue weighted by molar-refractivity contribution is 7.15. The molecule has 2 heterocycles. The van der Waals surface area contributed by atoms with E-state index >= 15 is 0 Å². The maximum Gasteiger partial charge on any atom is 0.433 e. The first kappa shape index (κ1) is 25.7. The molecule has 0 unspecified atom stereocenters. The Bertz CT molecular complexity index is 1310. The van der Waals surface area contributed by atoms with Crippen molar-refractivity contribution >= 4 is 35.2 Å². The number of benzene rings is 1. The van der Waals surface area contributed by atoms with Gasteiger partial charge in [-0.05, 0) is 54.5 Å². The quantitative estimate of drug-likeness (QED) is 0.375. The van der Waals surface area contributed by atoms with Crippen LogP contribution in [0.1, 0.15) is 54.2 Å². The average molecular weight is 521 g/mol. The number of nitrogens with zero attached hydrogens (tertiary/aromatic N) is 3. The van der Waals surface area contributed by atoms with Gasteiger partial charge >= 0.3 is 12.1 Å². The highest BCUT2D eigenvalue weighted by atomic mass is 32.1. The van der Waals surface area contributed by atoms with Crippen molar-refractivity contribution in [2.24, 2.45) is 11.3 Å². The number of thiazole rings is 1. The predicted octanol–water partition coefficient (Wildman–Crippen LogP) is 5.27. The number of nitrogens with one attached hydrogen (secondary N) is 1. The number of aliphatic hydroxyl groups is 1. The maximum atomic E-state index is 13.0. The number of carboxylic acids is 1. The number of halogens is 3. The van der Waals surface area contributed by atoms with E-state index < -0.39 is 34.8 Å². The molecule has 3 aromatic rings. The maximum absolute atomic E-state index is 13.0. The van der Waals surface area contributed by atoms with Crippen molar-refractivity contribution in [3.05, 3.63) is 52.9 Å². The first-order valence-corrected chi connectivity index (χ1v) is 11.8. The molecule has 0 bridgehead atoms. The van der Waals surface area contributed by atoms with Crippen molar-refractivity contribution in [2.75, 3.05) is 5.32 Å².